The van der Waals surface area contributed by atoms with Crippen LogP contribution < -0.4 is 5.32 Å². The molecule has 0 aliphatic carbocycles. The van der Waals surface area contributed by atoms with Crippen LogP contribution >= 0.6 is 0 Å². The first kappa shape index (κ1) is 13.4. The number of anilines is 1. The molecule has 2 rings (SSSR count). The second kappa shape index (κ2) is 5.73. The number of piperidine rings is 1. The largest absolute Gasteiger partial charge is 0.481 e. The fraction of sp³-hybridized carbons (Fsp3) is 0.583. The first-order chi connectivity index (χ1) is 9.10. The first-order valence-corrected chi connectivity index (χ1v) is 6.42. The summed E-state index contributed by atoms with van der Waals surface area (Å²) in [6.07, 6.45) is 3.13. The van der Waals surface area contributed by atoms with Crippen LogP contribution in [0.1, 0.15) is 19.8 Å². The Labute approximate surface area is 111 Å². The molecule has 1 fully saturated rings. The van der Waals surface area contributed by atoms with Gasteiger partial charge in [-0.15, -0.1) is 0 Å². The van der Waals surface area contributed by atoms with Crippen LogP contribution in [0.4, 0.5) is 10.6 Å². The van der Waals surface area contributed by atoms with Gasteiger partial charge in [-0.3, -0.25) is 14.8 Å². The van der Waals surface area contributed by atoms with Gasteiger partial charge in [0.2, 0.25) is 0 Å². The molecule has 1 aliphatic rings. The number of carboxylic acids is 1. The zero-order valence-electron chi connectivity index (χ0n) is 10.9. The van der Waals surface area contributed by atoms with E-state index in [1.807, 2.05) is 6.92 Å². The molecule has 19 heavy (non-hydrogen) atoms. The minimum Gasteiger partial charge on any atom is -0.481 e. The highest BCUT2D eigenvalue weighted by Crippen LogP contribution is 2.17. The van der Waals surface area contributed by atoms with Gasteiger partial charge in [-0.1, -0.05) is 0 Å². The van der Waals surface area contributed by atoms with Crippen molar-refractivity contribution in [2.75, 3.05) is 18.4 Å². The normalized spacial score (nSPS) is 19.2. The number of urea groups is 1. The molecule has 7 nitrogen and oxygen atoms in total. The lowest BCUT2D eigenvalue weighted by Crippen LogP contribution is -2.44. The van der Waals surface area contributed by atoms with Crippen LogP contribution in [-0.4, -0.2) is 44.9 Å². The highest BCUT2D eigenvalue weighted by atomic mass is 16.4. The molecule has 0 unspecified atom stereocenters. The van der Waals surface area contributed by atoms with Gasteiger partial charge in [-0.25, -0.2) is 4.79 Å². The van der Waals surface area contributed by atoms with Gasteiger partial charge in [0.25, 0.3) is 0 Å². The van der Waals surface area contributed by atoms with Crippen molar-refractivity contribution in [3.8, 4) is 0 Å². The number of nitrogens with one attached hydrogen (secondary N) is 1. The quantitative estimate of drug-likeness (QED) is 0.861. The molecule has 0 bridgehead atoms. The van der Waals surface area contributed by atoms with Crippen molar-refractivity contribution in [2.45, 2.75) is 26.3 Å². The zero-order valence-corrected chi connectivity index (χ0v) is 10.9. The van der Waals surface area contributed by atoms with Crippen molar-refractivity contribution >= 4 is 17.8 Å². The molecule has 0 spiro atoms. The number of rotatable bonds is 3. The number of carboxylic acid groups (broad SMARTS) is 1. The molecule has 1 aromatic heterocycles. The van der Waals surface area contributed by atoms with Crippen LogP contribution in [-0.2, 0) is 11.3 Å². The monoisotopic (exact) mass is 266 g/mol. The average Bonchev–Trinajstić information content (AvgIpc) is 2.86. The van der Waals surface area contributed by atoms with E-state index in [4.69, 9.17) is 5.11 Å². The third-order valence-electron chi connectivity index (χ3n) is 3.26. The number of aliphatic carboxylic acids is 1. The van der Waals surface area contributed by atoms with Crippen LogP contribution in [0.5, 0.6) is 0 Å². The van der Waals surface area contributed by atoms with E-state index in [0.29, 0.717) is 25.2 Å². The lowest BCUT2D eigenvalue weighted by molar-refractivity contribution is -0.143. The van der Waals surface area contributed by atoms with Crippen LogP contribution in [0.15, 0.2) is 12.3 Å². The number of aryl methyl sites for hydroxylation is 1. The molecule has 1 saturated heterocycles. The van der Waals surface area contributed by atoms with E-state index in [0.717, 1.165) is 6.54 Å². The number of likely N-dealkylation sites (tertiary alicyclic amines) is 1. The SMILES string of the molecule is CCn1ccc(NC(=O)N2CCC[C@@H](C(=O)O)C2)n1. The predicted molar refractivity (Wildman–Crippen MR) is 68.9 cm³/mol. The summed E-state index contributed by atoms with van der Waals surface area (Å²) in [5, 5.41) is 15.8. The van der Waals surface area contributed by atoms with E-state index in [9.17, 15) is 9.59 Å². The molecular formula is C12H18N4O3. The van der Waals surface area contributed by atoms with E-state index in [1.165, 1.54) is 4.90 Å². The standard InChI is InChI=1S/C12H18N4O3/c1-2-16-7-5-10(14-16)13-12(19)15-6-3-4-9(8-15)11(17)18/h5,7,9H,2-4,6,8H2,1H3,(H,17,18)(H,13,14,19)/t9-/m1/s1. The van der Waals surface area contributed by atoms with E-state index in [2.05, 4.69) is 10.4 Å². The summed E-state index contributed by atoms with van der Waals surface area (Å²) in [6.45, 7) is 3.54. The Morgan fingerprint density at radius 3 is 3.00 bits per heavy atom. The van der Waals surface area contributed by atoms with Gasteiger partial charge in [0.15, 0.2) is 5.82 Å². The third kappa shape index (κ3) is 3.24. The summed E-state index contributed by atoms with van der Waals surface area (Å²) in [7, 11) is 0. The Kier molecular flexibility index (Phi) is 4.03. The number of carbonyl (C=O) groups excluding carboxylic acids is 1. The van der Waals surface area contributed by atoms with E-state index < -0.39 is 11.9 Å². The number of hydrogen-bond donors (Lipinski definition) is 2. The maximum Gasteiger partial charge on any atom is 0.323 e. The molecule has 2 N–H and O–H groups in total. The Balaban J connectivity index is 1.93. The average molecular weight is 266 g/mol. The second-order valence-electron chi connectivity index (χ2n) is 4.61. The number of aromatic nitrogens is 2. The van der Waals surface area contributed by atoms with Gasteiger partial charge in [0.1, 0.15) is 0 Å². The number of amides is 2. The van der Waals surface area contributed by atoms with Crippen molar-refractivity contribution < 1.29 is 14.7 Å². The molecule has 104 valence electrons. The number of nitrogens with zero attached hydrogens (tertiary/aromatic N) is 3. The topological polar surface area (TPSA) is 87.5 Å². The van der Waals surface area contributed by atoms with E-state index in [1.54, 1.807) is 16.9 Å². The molecule has 2 heterocycles. The smallest absolute Gasteiger partial charge is 0.323 e. The summed E-state index contributed by atoms with van der Waals surface area (Å²) < 4.78 is 1.71. The maximum absolute atomic E-state index is 12.0. The molecule has 1 atom stereocenters. The van der Waals surface area contributed by atoms with Crippen molar-refractivity contribution in [1.29, 1.82) is 0 Å². The van der Waals surface area contributed by atoms with Crippen molar-refractivity contribution in [2.24, 2.45) is 5.92 Å². The van der Waals surface area contributed by atoms with Gasteiger partial charge in [0, 0.05) is 31.9 Å². The van der Waals surface area contributed by atoms with Crippen molar-refractivity contribution in [3.05, 3.63) is 12.3 Å². The minimum absolute atomic E-state index is 0.260. The van der Waals surface area contributed by atoms with Crippen LogP contribution in [0.3, 0.4) is 0 Å². The Hall–Kier alpha value is -2.05. The molecule has 1 aromatic rings. The number of carbonyl (C=O) groups is 2. The fourth-order valence-corrected chi connectivity index (χ4v) is 2.16. The first-order valence-electron chi connectivity index (χ1n) is 6.42. The fourth-order valence-electron chi connectivity index (χ4n) is 2.16. The van der Waals surface area contributed by atoms with Gasteiger partial charge >= 0.3 is 12.0 Å². The van der Waals surface area contributed by atoms with Gasteiger partial charge in [-0.2, -0.15) is 5.10 Å². The molecule has 2 amide bonds. The highest BCUT2D eigenvalue weighted by Gasteiger charge is 2.28. The zero-order chi connectivity index (χ0) is 13.8. The maximum atomic E-state index is 12.0. The van der Waals surface area contributed by atoms with E-state index in [-0.39, 0.29) is 12.6 Å². The molecule has 7 heteroatoms. The van der Waals surface area contributed by atoms with Crippen LogP contribution in [0.25, 0.3) is 0 Å². The van der Waals surface area contributed by atoms with Gasteiger partial charge in [0.05, 0.1) is 5.92 Å². The molecule has 0 saturated carbocycles. The summed E-state index contributed by atoms with van der Waals surface area (Å²) >= 11 is 0. The lowest BCUT2D eigenvalue weighted by Gasteiger charge is -2.30. The van der Waals surface area contributed by atoms with Crippen molar-refractivity contribution in [1.82, 2.24) is 14.7 Å². The molecule has 0 aromatic carbocycles. The van der Waals surface area contributed by atoms with E-state index >= 15 is 0 Å². The predicted octanol–water partition coefficient (Wildman–Crippen LogP) is 1.23. The summed E-state index contributed by atoms with van der Waals surface area (Å²) in [6, 6.07) is 1.44. The van der Waals surface area contributed by atoms with Crippen LogP contribution in [0.2, 0.25) is 0 Å². The Morgan fingerprint density at radius 2 is 2.37 bits per heavy atom. The Morgan fingerprint density at radius 1 is 1.58 bits per heavy atom. The summed E-state index contributed by atoms with van der Waals surface area (Å²) in [5.74, 6) is -0.815. The lowest BCUT2D eigenvalue weighted by atomic mass is 9.99. The second-order valence-corrected chi connectivity index (χ2v) is 4.61. The third-order valence-corrected chi connectivity index (χ3v) is 3.26. The van der Waals surface area contributed by atoms with Gasteiger partial charge in [-0.05, 0) is 19.8 Å². The molecule has 0 radical (unpaired) electrons. The van der Waals surface area contributed by atoms with Gasteiger partial charge < -0.3 is 10.0 Å². The Bertz CT molecular complexity index is 471. The summed E-state index contributed by atoms with van der Waals surface area (Å²) in [5.41, 5.74) is 0. The minimum atomic E-state index is -0.840. The molecule has 1 aliphatic heterocycles. The van der Waals surface area contributed by atoms with Crippen molar-refractivity contribution in [3.63, 3.8) is 0 Å². The highest BCUT2D eigenvalue weighted by molar-refractivity contribution is 5.88. The summed E-state index contributed by atoms with van der Waals surface area (Å²) in [4.78, 5) is 24.5. The number of hydrogen-bond acceptors (Lipinski definition) is 3. The molecular weight excluding hydrogens is 248 g/mol. The van der Waals surface area contributed by atoms with Crippen LogP contribution in [0, 0.1) is 5.92 Å².